The highest BCUT2D eigenvalue weighted by atomic mass is 35.5. The fraction of sp³-hybridized carbons (Fsp3) is 0.190. The van der Waals surface area contributed by atoms with E-state index in [1.807, 2.05) is 30.3 Å². The minimum absolute atomic E-state index is 0.0690. The summed E-state index contributed by atoms with van der Waals surface area (Å²) in [5.74, 6) is -0.177. The summed E-state index contributed by atoms with van der Waals surface area (Å²) in [5.41, 5.74) is -0.865. The number of benzene rings is 2. The molecule has 1 aliphatic rings. The van der Waals surface area contributed by atoms with Crippen molar-refractivity contribution in [3.8, 4) is 5.69 Å². The van der Waals surface area contributed by atoms with Crippen LogP contribution in [0, 0.1) is 0 Å². The van der Waals surface area contributed by atoms with Crippen LogP contribution in [-0.4, -0.2) is 28.3 Å². The first-order chi connectivity index (χ1) is 14.8. The second-order valence-electron chi connectivity index (χ2n) is 6.95. The van der Waals surface area contributed by atoms with E-state index in [0.717, 1.165) is 22.5 Å². The van der Waals surface area contributed by atoms with Crippen molar-refractivity contribution in [2.75, 3.05) is 16.8 Å². The second-order valence-corrected chi connectivity index (χ2v) is 7.33. The maximum absolute atomic E-state index is 13.0. The third-order valence-electron chi connectivity index (χ3n) is 4.94. The van der Waals surface area contributed by atoms with Crippen LogP contribution in [0.3, 0.4) is 0 Å². The van der Waals surface area contributed by atoms with Gasteiger partial charge in [0.25, 0.3) is 5.56 Å². The Kier molecular flexibility index (Phi) is 5.45. The number of hydrogen-bond donors (Lipinski definition) is 1. The lowest BCUT2D eigenvalue weighted by Gasteiger charge is -2.18. The van der Waals surface area contributed by atoms with E-state index in [1.165, 1.54) is 18.3 Å². The normalized spacial score (nSPS) is 16.6. The van der Waals surface area contributed by atoms with E-state index in [4.69, 9.17) is 11.6 Å². The molecule has 1 amide bonds. The smallest absolute Gasteiger partial charge is 0.371 e. The predicted octanol–water partition coefficient (Wildman–Crippen LogP) is 4.12. The standard InChI is InChI=1S/C21H16ClF3N4O2/c22-18-17(27-16-9-10-28(19(16)30)14-6-2-1-3-7-14)12-26-29(20(18)31)15-8-4-5-13(11-15)21(23,24)25/h1-8,11-12,16,27H,9-10H2. The number of aromatic nitrogens is 2. The summed E-state index contributed by atoms with van der Waals surface area (Å²) in [5, 5.41) is 6.61. The molecule has 10 heteroatoms. The molecule has 3 aromatic rings. The molecule has 31 heavy (non-hydrogen) atoms. The van der Waals surface area contributed by atoms with Crippen LogP contribution in [0.1, 0.15) is 12.0 Å². The third-order valence-corrected chi connectivity index (χ3v) is 5.31. The number of carbonyl (C=O) groups is 1. The number of amides is 1. The van der Waals surface area contributed by atoms with Gasteiger partial charge in [0.1, 0.15) is 11.1 Å². The zero-order valence-corrected chi connectivity index (χ0v) is 16.7. The van der Waals surface area contributed by atoms with E-state index in [1.54, 1.807) is 4.90 Å². The second kappa shape index (κ2) is 8.07. The highest BCUT2D eigenvalue weighted by Gasteiger charge is 2.33. The lowest BCUT2D eigenvalue weighted by Crippen LogP contribution is -2.34. The van der Waals surface area contributed by atoms with Gasteiger partial charge in [-0.15, -0.1) is 0 Å². The number of alkyl halides is 3. The number of nitrogens with one attached hydrogen (secondary N) is 1. The topological polar surface area (TPSA) is 67.2 Å². The molecule has 4 rings (SSSR count). The van der Waals surface area contributed by atoms with Gasteiger partial charge in [0, 0.05) is 12.2 Å². The Hall–Kier alpha value is -3.33. The van der Waals surface area contributed by atoms with E-state index in [0.29, 0.717) is 13.0 Å². The average Bonchev–Trinajstić information content (AvgIpc) is 3.12. The molecule has 1 fully saturated rings. The minimum Gasteiger partial charge on any atom is -0.371 e. The maximum atomic E-state index is 13.0. The molecule has 1 N–H and O–H groups in total. The molecule has 0 bridgehead atoms. The zero-order valence-electron chi connectivity index (χ0n) is 15.9. The molecular weight excluding hydrogens is 433 g/mol. The van der Waals surface area contributed by atoms with Crippen molar-refractivity contribution in [3.05, 3.63) is 81.7 Å². The Morgan fingerprint density at radius 1 is 1.03 bits per heavy atom. The summed E-state index contributed by atoms with van der Waals surface area (Å²) < 4.78 is 39.7. The van der Waals surface area contributed by atoms with Crippen molar-refractivity contribution < 1.29 is 18.0 Å². The number of carbonyl (C=O) groups excluding carboxylic acids is 1. The lowest BCUT2D eigenvalue weighted by molar-refractivity contribution is -0.137. The minimum atomic E-state index is -4.56. The van der Waals surface area contributed by atoms with Crippen molar-refractivity contribution in [3.63, 3.8) is 0 Å². The van der Waals surface area contributed by atoms with Crippen molar-refractivity contribution in [2.24, 2.45) is 0 Å². The Labute approximate surface area is 179 Å². The number of nitrogens with zero attached hydrogens (tertiary/aromatic N) is 3. The van der Waals surface area contributed by atoms with Gasteiger partial charge in [-0.1, -0.05) is 35.9 Å². The van der Waals surface area contributed by atoms with Crippen LogP contribution >= 0.6 is 11.6 Å². The highest BCUT2D eigenvalue weighted by molar-refractivity contribution is 6.33. The zero-order chi connectivity index (χ0) is 22.2. The van der Waals surface area contributed by atoms with E-state index >= 15 is 0 Å². The molecule has 1 saturated heterocycles. The van der Waals surface area contributed by atoms with Crippen LogP contribution in [0.2, 0.25) is 5.02 Å². The molecule has 160 valence electrons. The Bertz CT molecular complexity index is 1180. The van der Waals surface area contributed by atoms with Crippen molar-refractivity contribution in [1.29, 1.82) is 0 Å². The molecule has 2 aromatic carbocycles. The molecule has 0 radical (unpaired) electrons. The molecule has 0 saturated carbocycles. The maximum Gasteiger partial charge on any atom is 0.416 e. The summed E-state index contributed by atoms with van der Waals surface area (Å²) in [4.78, 5) is 27.0. The van der Waals surface area contributed by atoms with Crippen molar-refractivity contribution in [2.45, 2.75) is 18.6 Å². The van der Waals surface area contributed by atoms with Crippen molar-refractivity contribution >= 4 is 28.9 Å². The molecule has 1 aliphatic heterocycles. The molecule has 1 aromatic heterocycles. The third kappa shape index (κ3) is 4.13. The Morgan fingerprint density at radius 2 is 1.74 bits per heavy atom. The first-order valence-corrected chi connectivity index (χ1v) is 9.72. The fourth-order valence-corrected chi connectivity index (χ4v) is 3.58. The number of para-hydroxylation sites is 1. The van der Waals surface area contributed by atoms with Gasteiger partial charge in [-0.05, 0) is 36.8 Å². The van der Waals surface area contributed by atoms with Gasteiger partial charge < -0.3 is 10.2 Å². The quantitative estimate of drug-likeness (QED) is 0.652. The number of anilines is 2. The summed E-state index contributed by atoms with van der Waals surface area (Å²) in [6, 6.07) is 12.8. The van der Waals surface area contributed by atoms with Gasteiger partial charge in [-0.3, -0.25) is 9.59 Å². The van der Waals surface area contributed by atoms with E-state index in [2.05, 4.69) is 10.4 Å². The van der Waals surface area contributed by atoms with Gasteiger partial charge in [0.2, 0.25) is 5.91 Å². The van der Waals surface area contributed by atoms with E-state index in [9.17, 15) is 22.8 Å². The van der Waals surface area contributed by atoms with Gasteiger partial charge in [0.15, 0.2) is 0 Å². The SMILES string of the molecule is O=C1C(Nc2cnn(-c3cccc(C(F)(F)F)c3)c(=O)c2Cl)CCN1c1ccccc1. The highest BCUT2D eigenvalue weighted by Crippen LogP contribution is 2.30. The average molecular weight is 449 g/mol. The molecular formula is C21H16ClF3N4O2. The summed E-state index contributed by atoms with van der Waals surface area (Å²) >= 11 is 6.17. The van der Waals surface area contributed by atoms with Gasteiger partial charge >= 0.3 is 6.18 Å². The van der Waals surface area contributed by atoms with Crippen LogP contribution in [0.4, 0.5) is 24.5 Å². The van der Waals surface area contributed by atoms with Crippen LogP contribution in [-0.2, 0) is 11.0 Å². The first kappa shape index (κ1) is 20.9. The largest absolute Gasteiger partial charge is 0.416 e. The van der Waals surface area contributed by atoms with Crippen LogP contribution in [0.5, 0.6) is 0 Å². The molecule has 1 atom stereocenters. The monoisotopic (exact) mass is 448 g/mol. The molecule has 0 spiro atoms. The lowest BCUT2D eigenvalue weighted by atomic mass is 10.2. The molecule has 0 aliphatic carbocycles. The van der Waals surface area contributed by atoms with Crippen LogP contribution in [0.15, 0.2) is 65.6 Å². The Morgan fingerprint density at radius 3 is 2.45 bits per heavy atom. The summed E-state index contributed by atoms with van der Waals surface area (Å²) in [6.07, 6.45) is -2.85. The fourth-order valence-electron chi connectivity index (χ4n) is 3.40. The van der Waals surface area contributed by atoms with E-state index < -0.39 is 23.3 Å². The van der Waals surface area contributed by atoms with Gasteiger partial charge in [-0.25, -0.2) is 0 Å². The number of halogens is 4. The number of hydrogen-bond acceptors (Lipinski definition) is 4. The van der Waals surface area contributed by atoms with Crippen LogP contribution in [0.25, 0.3) is 5.69 Å². The predicted molar refractivity (Wildman–Crippen MR) is 111 cm³/mol. The van der Waals surface area contributed by atoms with Crippen LogP contribution < -0.4 is 15.8 Å². The summed E-state index contributed by atoms with van der Waals surface area (Å²) in [6.45, 7) is 0.493. The first-order valence-electron chi connectivity index (χ1n) is 9.34. The van der Waals surface area contributed by atoms with Gasteiger partial charge in [-0.2, -0.15) is 23.0 Å². The van der Waals surface area contributed by atoms with Crippen molar-refractivity contribution in [1.82, 2.24) is 9.78 Å². The molecule has 6 nitrogen and oxygen atoms in total. The number of rotatable bonds is 4. The molecule has 1 unspecified atom stereocenters. The summed E-state index contributed by atoms with van der Waals surface area (Å²) in [7, 11) is 0. The molecule has 2 heterocycles. The van der Waals surface area contributed by atoms with Gasteiger partial charge in [0.05, 0.1) is 23.1 Å². The van der Waals surface area contributed by atoms with E-state index in [-0.39, 0.29) is 22.3 Å². The Balaban J connectivity index is 1.58.